The van der Waals surface area contributed by atoms with Crippen LogP contribution in [0.15, 0.2) is 35.5 Å². The van der Waals surface area contributed by atoms with Crippen LogP contribution >= 0.6 is 9.24 Å². The molecule has 0 spiro atoms. The van der Waals surface area contributed by atoms with Gasteiger partial charge in [-0.15, -0.1) is 9.24 Å². The number of carbonyl (C=O) groups excluding carboxylic acids is 1. The minimum Gasteiger partial charge on any atom is -0.339 e. The molecule has 1 aliphatic carbocycles. The number of rotatable bonds is 5. The first-order valence-corrected chi connectivity index (χ1v) is 11.4. The second kappa shape index (κ2) is 9.13. The van der Waals surface area contributed by atoms with Crippen molar-refractivity contribution in [3.63, 3.8) is 0 Å². The van der Waals surface area contributed by atoms with E-state index in [-0.39, 0.29) is 5.91 Å². The summed E-state index contributed by atoms with van der Waals surface area (Å²) in [6, 6.07) is 8.96. The predicted octanol–water partition coefficient (Wildman–Crippen LogP) is 1.54. The molecule has 1 atom stereocenters. The molecule has 7 heteroatoms. The first-order valence-electron chi connectivity index (χ1n) is 10.8. The van der Waals surface area contributed by atoms with Crippen LogP contribution in [-0.2, 0) is 4.79 Å². The van der Waals surface area contributed by atoms with E-state index in [0.717, 1.165) is 62.7 Å². The first kappa shape index (κ1) is 20.8. The van der Waals surface area contributed by atoms with Crippen molar-refractivity contribution in [3.8, 4) is 0 Å². The van der Waals surface area contributed by atoms with Gasteiger partial charge in [-0.2, -0.15) is 0 Å². The van der Waals surface area contributed by atoms with Gasteiger partial charge in [-0.3, -0.25) is 19.6 Å². The fourth-order valence-electron chi connectivity index (χ4n) is 4.65. The normalized spacial score (nSPS) is 22.0. The van der Waals surface area contributed by atoms with E-state index in [1.54, 1.807) is 0 Å². The molecule has 3 aliphatic rings. The highest BCUT2D eigenvalue weighted by Gasteiger charge is 2.30. The van der Waals surface area contributed by atoms with Crippen LogP contribution in [0.5, 0.6) is 0 Å². The van der Waals surface area contributed by atoms with Crippen LogP contribution in [0.1, 0.15) is 32.6 Å². The van der Waals surface area contributed by atoms with Crippen molar-refractivity contribution in [2.45, 2.75) is 38.6 Å². The molecule has 29 heavy (non-hydrogen) atoms. The summed E-state index contributed by atoms with van der Waals surface area (Å²) in [5.41, 5.74) is 3.41. The average molecular weight is 416 g/mol. The molecule has 6 nitrogen and oxygen atoms in total. The van der Waals surface area contributed by atoms with E-state index in [4.69, 9.17) is 5.84 Å². The van der Waals surface area contributed by atoms with Crippen LogP contribution in [0.2, 0.25) is 0 Å². The molecule has 1 unspecified atom stereocenters. The number of benzene rings is 1. The van der Waals surface area contributed by atoms with E-state index in [1.165, 1.54) is 30.5 Å². The van der Waals surface area contributed by atoms with Gasteiger partial charge in [0.05, 0.1) is 12.2 Å². The van der Waals surface area contributed by atoms with Gasteiger partial charge in [-0.1, -0.05) is 18.6 Å². The smallest absolute Gasteiger partial charge is 0.236 e. The van der Waals surface area contributed by atoms with Crippen molar-refractivity contribution >= 4 is 26.1 Å². The SMILES string of the molecule is CC1=C(N(N)c2cccc(P)c2)CCN(CC(=O)N2CCN(C3CCC3)CC2)C1. The molecule has 1 aromatic rings. The van der Waals surface area contributed by atoms with Gasteiger partial charge >= 0.3 is 0 Å². The molecule has 0 bridgehead atoms. The van der Waals surface area contributed by atoms with Crippen LogP contribution in [0.25, 0.3) is 0 Å². The number of nitrogens with zero attached hydrogens (tertiary/aromatic N) is 4. The Kier molecular flexibility index (Phi) is 6.55. The minimum atomic E-state index is 0.273. The van der Waals surface area contributed by atoms with Crippen molar-refractivity contribution in [1.29, 1.82) is 0 Å². The third-order valence-corrected chi connectivity index (χ3v) is 7.03. The van der Waals surface area contributed by atoms with Gasteiger partial charge in [0.15, 0.2) is 0 Å². The highest BCUT2D eigenvalue weighted by Crippen LogP contribution is 2.26. The molecule has 4 rings (SSSR count). The number of piperazine rings is 1. The van der Waals surface area contributed by atoms with E-state index < -0.39 is 0 Å². The van der Waals surface area contributed by atoms with Gasteiger partial charge in [0.1, 0.15) is 0 Å². The van der Waals surface area contributed by atoms with Crippen LogP contribution < -0.4 is 16.2 Å². The van der Waals surface area contributed by atoms with Crippen molar-refractivity contribution < 1.29 is 4.79 Å². The third-order valence-electron chi connectivity index (χ3n) is 6.67. The molecule has 1 amide bonds. The first-order chi connectivity index (χ1) is 14.0. The summed E-state index contributed by atoms with van der Waals surface area (Å²) in [5.74, 6) is 6.69. The second-order valence-corrected chi connectivity index (χ2v) is 9.32. The Labute approximate surface area is 176 Å². The van der Waals surface area contributed by atoms with Gasteiger partial charge in [0.25, 0.3) is 0 Å². The Hall–Kier alpha value is -1.46. The number of hydrogen-bond donors (Lipinski definition) is 1. The molecule has 1 aromatic carbocycles. The monoisotopic (exact) mass is 415 g/mol. The molecule has 1 saturated carbocycles. The Morgan fingerprint density at radius 3 is 2.59 bits per heavy atom. The Bertz CT molecular complexity index is 770. The van der Waals surface area contributed by atoms with Crippen molar-refractivity contribution in [1.82, 2.24) is 14.7 Å². The van der Waals surface area contributed by atoms with Gasteiger partial charge in [0, 0.05) is 57.4 Å². The highest BCUT2D eigenvalue weighted by molar-refractivity contribution is 7.27. The summed E-state index contributed by atoms with van der Waals surface area (Å²) >= 11 is 0. The lowest BCUT2D eigenvalue weighted by Crippen LogP contribution is -2.55. The lowest BCUT2D eigenvalue weighted by molar-refractivity contribution is -0.134. The zero-order valence-electron chi connectivity index (χ0n) is 17.5. The maximum absolute atomic E-state index is 12.8. The fourth-order valence-corrected chi connectivity index (χ4v) is 4.94. The topological polar surface area (TPSA) is 56.1 Å². The minimum absolute atomic E-state index is 0.273. The summed E-state index contributed by atoms with van der Waals surface area (Å²) in [6.45, 7) is 8.16. The molecule has 2 fully saturated rings. The molecular formula is C22H34N5OP. The molecular weight excluding hydrogens is 381 g/mol. The van der Waals surface area contributed by atoms with E-state index in [1.807, 2.05) is 23.2 Å². The van der Waals surface area contributed by atoms with Crippen molar-refractivity contribution in [3.05, 3.63) is 35.5 Å². The van der Waals surface area contributed by atoms with Gasteiger partial charge in [0.2, 0.25) is 5.91 Å². The number of amides is 1. The number of hydrogen-bond acceptors (Lipinski definition) is 5. The van der Waals surface area contributed by atoms with Crippen molar-refractivity contribution in [2.24, 2.45) is 5.84 Å². The summed E-state index contributed by atoms with van der Waals surface area (Å²) in [7, 11) is 2.72. The standard InChI is InChI=1S/C22H34N5OP/c1-17-15-24(9-8-21(17)27(23)19-6-3-7-20(29)14-19)16-22(28)26-12-10-25(11-13-26)18-4-2-5-18/h3,6-7,14,18H,2,4-5,8-13,15-16,23,29H2,1H3. The number of carbonyl (C=O) groups is 1. The zero-order valence-corrected chi connectivity index (χ0v) is 18.7. The second-order valence-electron chi connectivity index (χ2n) is 8.65. The molecule has 0 radical (unpaired) electrons. The van der Waals surface area contributed by atoms with Crippen LogP contribution in [0, 0.1) is 0 Å². The molecule has 158 valence electrons. The maximum Gasteiger partial charge on any atom is 0.236 e. The Morgan fingerprint density at radius 1 is 1.21 bits per heavy atom. The van der Waals surface area contributed by atoms with Crippen LogP contribution in [-0.4, -0.2) is 72.5 Å². The molecule has 0 aromatic heterocycles. The fraction of sp³-hybridized carbons (Fsp3) is 0.591. The number of anilines is 1. The van der Waals surface area contributed by atoms with Gasteiger partial charge in [-0.05, 0) is 42.8 Å². The Balaban J connectivity index is 1.29. The number of nitrogens with two attached hydrogens (primary N) is 1. The third kappa shape index (κ3) is 4.83. The molecule has 2 N–H and O–H groups in total. The molecule has 1 saturated heterocycles. The van der Waals surface area contributed by atoms with E-state index in [9.17, 15) is 4.79 Å². The van der Waals surface area contributed by atoms with Gasteiger partial charge in [-0.25, -0.2) is 5.84 Å². The predicted molar refractivity (Wildman–Crippen MR) is 122 cm³/mol. The van der Waals surface area contributed by atoms with E-state index in [2.05, 4.69) is 36.9 Å². The van der Waals surface area contributed by atoms with E-state index >= 15 is 0 Å². The highest BCUT2D eigenvalue weighted by atomic mass is 31.0. The summed E-state index contributed by atoms with van der Waals surface area (Å²) in [4.78, 5) is 19.7. The van der Waals surface area contributed by atoms with E-state index in [0.29, 0.717) is 6.54 Å². The number of hydrazine groups is 1. The molecule has 2 aliphatic heterocycles. The van der Waals surface area contributed by atoms with Crippen LogP contribution in [0.4, 0.5) is 5.69 Å². The summed E-state index contributed by atoms with van der Waals surface area (Å²) < 4.78 is 0. The van der Waals surface area contributed by atoms with Crippen molar-refractivity contribution in [2.75, 3.05) is 50.8 Å². The zero-order chi connectivity index (χ0) is 20.4. The lowest BCUT2D eigenvalue weighted by Gasteiger charge is -2.43. The molecule has 2 heterocycles. The quantitative estimate of drug-likeness (QED) is 0.449. The largest absolute Gasteiger partial charge is 0.339 e. The van der Waals surface area contributed by atoms with Crippen LogP contribution in [0.3, 0.4) is 0 Å². The summed E-state index contributed by atoms with van der Waals surface area (Å²) in [5, 5.41) is 2.93. The Morgan fingerprint density at radius 2 is 1.97 bits per heavy atom. The average Bonchev–Trinajstić information content (AvgIpc) is 2.67. The lowest BCUT2D eigenvalue weighted by atomic mass is 9.91. The van der Waals surface area contributed by atoms with Gasteiger partial charge < -0.3 is 4.90 Å². The summed E-state index contributed by atoms with van der Waals surface area (Å²) in [6.07, 6.45) is 4.92. The maximum atomic E-state index is 12.8.